The molecule has 1 saturated heterocycles. The molecule has 1 aliphatic heterocycles. The molecular weight excluding hydrogens is 505 g/mol. The summed E-state index contributed by atoms with van der Waals surface area (Å²) < 4.78 is 41.8. The second kappa shape index (κ2) is 8.58. The maximum Gasteiger partial charge on any atom is 0.416 e. The largest absolute Gasteiger partial charge is 0.480 e. The number of nitrogens with zero attached hydrogens (tertiary/aromatic N) is 2. The summed E-state index contributed by atoms with van der Waals surface area (Å²) in [6, 6.07) is 8.92. The zero-order valence-corrected chi connectivity index (χ0v) is 19.5. The van der Waals surface area contributed by atoms with Crippen LogP contribution in [0.15, 0.2) is 47.5 Å². The first-order chi connectivity index (χ1) is 16.5. The minimum absolute atomic E-state index is 0.00518. The van der Waals surface area contributed by atoms with Gasteiger partial charge in [-0.25, -0.2) is 0 Å². The Hall–Kier alpha value is -3.02. The molecule has 2 fully saturated rings. The van der Waals surface area contributed by atoms with Gasteiger partial charge in [-0.1, -0.05) is 35.5 Å². The number of halogens is 4. The highest BCUT2D eigenvalue weighted by molar-refractivity contribution is 8.05. The third-order valence-electron chi connectivity index (χ3n) is 5.96. The number of aromatic nitrogens is 2. The van der Waals surface area contributed by atoms with Gasteiger partial charge in [0, 0.05) is 10.4 Å². The van der Waals surface area contributed by atoms with Crippen LogP contribution in [0.3, 0.4) is 0 Å². The molecule has 0 radical (unpaired) electrons. The van der Waals surface area contributed by atoms with Gasteiger partial charge in [-0.15, -0.1) is 0 Å². The number of carboxylic acid groups (broad SMARTS) is 1. The lowest BCUT2D eigenvalue weighted by Gasteiger charge is -2.17. The summed E-state index contributed by atoms with van der Waals surface area (Å²) in [5.74, 6) is -1.25. The molecule has 1 atom stereocenters. The van der Waals surface area contributed by atoms with E-state index in [9.17, 15) is 27.9 Å². The predicted molar refractivity (Wildman–Crippen MR) is 126 cm³/mol. The van der Waals surface area contributed by atoms with Crippen LogP contribution in [-0.4, -0.2) is 37.8 Å². The molecule has 35 heavy (non-hydrogen) atoms. The van der Waals surface area contributed by atoms with Gasteiger partial charge in [-0.2, -0.15) is 18.3 Å². The molecule has 2 heterocycles. The number of carbonyl (C=O) groups excluding carboxylic acids is 1. The van der Waals surface area contributed by atoms with Crippen molar-refractivity contribution in [3.8, 4) is 0 Å². The van der Waals surface area contributed by atoms with Crippen molar-refractivity contribution >= 4 is 52.2 Å². The van der Waals surface area contributed by atoms with Gasteiger partial charge in [0.15, 0.2) is 0 Å². The molecule has 12 heteroatoms. The molecule has 1 aliphatic carbocycles. The maximum absolute atomic E-state index is 13.4. The van der Waals surface area contributed by atoms with Crippen LogP contribution >= 0.6 is 23.4 Å². The summed E-state index contributed by atoms with van der Waals surface area (Å²) in [7, 11) is 0. The van der Waals surface area contributed by atoms with E-state index in [1.54, 1.807) is 30.5 Å². The van der Waals surface area contributed by atoms with E-state index in [1.807, 2.05) is 0 Å². The van der Waals surface area contributed by atoms with Gasteiger partial charge >= 0.3 is 12.1 Å². The Balaban J connectivity index is 1.36. The molecule has 1 amide bonds. The number of nitrogens with one attached hydrogen (secondary N) is 2. The lowest BCUT2D eigenvalue weighted by molar-refractivity contribution is -0.141. The van der Waals surface area contributed by atoms with Crippen molar-refractivity contribution in [2.45, 2.75) is 36.6 Å². The third-order valence-corrected chi connectivity index (χ3v) is 7.22. The highest BCUT2D eigenvalue weighted by Gasteiger charge is 2.52. The van der Waals surface area contributed by atoms with E-state index >= 15 is 0 Å². The topological polar surface area (TPSA) is 96.2 Å². The second-order valence-corrected chi connectivity index (χ2v) is 10.0. The molecule has 2 aliphatic rings. The number of hydrogen-bond donors (Lipinski definition) is 3. The molecule has 3 aromatic rings. The number of aliphatic carboxylic acids is 1. The summed E-state index contributed by atoms with van der Waals surface area (Å²) in [5.41, 5.74) is -0.943. The van der Waals surface area contributed by atoms with Crippen LogP contribution < -0.4 is 10.6 Å². The van der Waals surface area contributed by atoms with Crippen LogP contribution in [0.25, 0.3) is 17.0 Å². The Labute approximate surface area is 206 Å². The lowest BCUT2D eigenvalue weighted by Crippen LogP contribution is -2.49. The van der Waals surface area contributed by atoms with Crippen molar-refractivity contribution in [3.63, 3.8) is 0 Å². The lowest BCUT2D eigenvalue weighted by atomic mass is 10.1. The molecule has 1 aromatic heterocycles. The van der Waals surface area contributed by atoms with E-state index in [1.165, 1.54) is 28.6 Å². The fraction of sp³-hybridized carbons (Fsp3) is 0.261. The molecule has 7 nitrogen and oxygen atoms in total. The van der Waals surface area contributed by atoms with Crippen LogP contribution in [-0.2, 0) is 22.3 Å². The highest BCUT2D eigenvalue weighted by atomic mass is 35.5. The molecule has 3 N–H and O–H groups in total. The summed E-state index contributed by atoms with van der Waals surface area (Å²) >= 11 is 6.97. The Kier molecular flexibility index (Phi) is 5.81. The Morgan fingerprint density at radius 3 is 2.77 bits per heavy atom. The van der Waals surface area contributed by atoms with Crippen LogP contribution in [0, 0.1) is 0 Å². The average molecular weight is 523 g/mol. The zero-order valence-electron chi connectivity index (χ0n) is 17.9. The maximum atomic E-state index is 13.4. The van der Waals surface area contributed by atoms with E-state index in [4.69, 9.17) is 11.6 Å². The molecule has 1 saturated carbocycles. The first-order valence-electron chi connectivity index (χ1n) is 10.6. The zero-order chi connectivity index (χ0) is 25.0. The molecule has 182 valence electrons. The van der Waals surface area contributed by atoms with Crippen LogP contribution in [0.4, 0.5) is 13.2 Å². The highest BCUT2D eigenvalue weighted by Crippen LogP contribution is 2.39. The van der Waals surface area contributed by atoms with Gasteiger partial charge in [0.2, 0.25) is 0 Å². The van der Waals surface area contributed by atoms with E-state index in [-0.39, 0.29) is 23.0 Å². The monoisotopic (exact) mass is 522 g/mol. The van der Waals surface area contributed by atoms with Gasteiger partial charge < -0.3 is 10.4 Å². The number of hydrogen-bond acceptors (Lipinski definition) is 5. The van der Waals surface area contributed by atoms with E-state index < -0.39 is 28.7 Å². The van der Waals surface area contributed by atoms with E-state index in [2.05, 4.69) is 15.7 Å². The standard InChI is InChI=1S/C23H18ClF3N4O3S/c24-15-3-2-13(16(9-15)23(25,26)27)11-31-17-4-1-12(7-14(17)10-28-31)8-18-19(32)29-21(35-18)30-22(5-6-22)20(33)34/h1-4,7-10,21,30H,5-6,11H2,(H,29,32)(H,33,34). The summed E-state index contributed by atoms with van der Waals surface area (Å²) in [6.07, 6.45) is -0.292. The number of benzene rings is 2. The van der Waals surface area contributed by atoms with Gasteiger partial charge in [0.1, 0.15) is 11.0 Å². The van der Waals surface area contributed by atoms with Crippen LogP contribution in [0.5, 0.6) is 0 Å². The fourth-order valence-corrected chi connectivity index (χ4v) is 5.19. The number of thioether (sulfide) groups is 1. The molecule has 0 bridgehead atoms. The number of amides is 1. The van der Waals surface area contributed by atoms with Crippen LogP contribution in [0.2, 0.25) is 5.02 Å². The number of carbonyl (C=O) groups is 2. The smallest absolute Gasteiger partial charge is 0.416 e. The van der Waals surface area contributed by atoms with E-state index in [0.29, 0.717) is 34.2 Å². The summed E-state index contributed by atoms with van der Waals surface area (Å²) in [6.45, 7) is -0.0904. The first-order valence-corrected chi connectivity index (χ1v) is 11.8. The summed E-state index contributed by atoms with van der Waals surface area (Å²) in [5, 5.41) is 20.0. The number of rotatable bonds is 6. The number of carboxylic acids is 1. The number of alkyl halides is 3. The van der Waals surface area contributed by atoms with Gasteiger partial charge in [-0.3, -0.25) is 19.6 Å². The first kappa shape index (κ1) is 23.7. The molecule has 2 aromatic carbocycles. The Bertz CT molecular complexity index is 1380. The molecular formula is C23H18ClF3N4O3S. The average Bonchev–Trinajstić information content (AvgIpc) is 3.35. The third kappa shape index (κ3) is 4.75. The SMILES string of the molecule is O=C1NC(NC2(C(=O)O)CC2)SC1=Cc1ccc2c(cnn2Cc2ccc(Cl)cc2C(F)(F)F)c1. The Morgan fingerprint density at radius 1 is 1.31 bits per heavy atom. The van der Waals surface area contributed by atoms with Crippen molar-refractivity contribution in [2.24, 2.45) is 0 Å². The van der Waals surface area contributed by atoms with Crippen molar-refractivity contribution in [1.82, 2.24) is 20.4 Å². The molecule has 1 unspecified atom stereocenters. The predicted octanol–water partition coefficient (Wildman–Crippen LogP) is 4.45. The van der Waals surface area contributed by atoms with Crippen molar-refractivity contribution in [1.29, 1.82) is 0 Å². The normalized spacial score (nSPS) is 20.4. The molecule has 5 rings (SSSR count). The van der Waals surface area contributed by atoms with E-state index in [0.717, 1.165) is 6.07 Å². The fourth-order valence-electron chi connectivity index (χ4n) is 3.95. The second-order valence-electron chi connectivity index (χ2n) is 8.43. The van der Waals surface area contributed by atoms with Crippen molar-refractivity contribution in [2.75, 3.05) is 0 Å². The van der Waals surface area contributed by atoms with Crippen LogP contribution in [0.1, 0.15) is 29.5 Å². The van der Waals surface area contributed by atoms with Crippen molar-refractivity contribution in [3.05, 3.63) is 69.2 Å². The summed E-state index contributed by atoms with van der Waals surface area (Å²) in [4.78, 5) is 24.2. The van der Waals surface area contributed by atoms with Gasteiger partial charge in [0.05, 0.1) is 28.7 Å². The van der Waals surface area contributed by atoms with Gasteiger partial charge in [0.25, 0.3) is 5.91 Å². The minimum atomic E-state index is -4.54. The number of fused-ring (bicyclic) bond motifs is 1. The Morgan fingerprint density at radius 2 is 2.09 bits per heavy atom. The molecule has 0 spiro atoms. The van der Waals surface area contributed by atoms with Gasteiger partial charge in [-0.05, 0) is 54.3 Å². The quantitative estimate of drug-likeness (QED) is 0.414. The van der Waals surface area contributed by atoms with Crippen molar-refractivity contribution < 1.29 is 27.9 Å². The minimum Gasteiger partial charge on any atom is -0.480 e.